The highest BCUT2D eigenvalue weighted by atomic mass is 16.3. The summed E-state index contributed by atoms with van der Waals surface area (Å²) in [5, 5.41) is 4.76. The molecule has 3 rings (SSSR count). The van der Waals surface area contributed by atoms with Crippen molar-refractivity contribution in [2.24, 2.45) is 0 Å². The summed E-state index contributed by atoms with van der Waals surface area (Å²) in [6.07, 6.45) is 2.67. The number of hydrogen-bond acceptors (Lipinski definition) is 3. The van der Waals surface area contributed by atoms with Gasteiger partial charge in [-0.1, -0.05) is 25.1 Å². The summed E-state index contributed by atoms with van der Waals surface area (Å²) < 4.78 is 11.5. The van der Waals surface area contributed by atoms with Crippen LogP contribution in [0.3, 0.4) is 0 Å². The highest BCUT2D eigenvalue weighted by Crippen LogP contribution is 2.31. The highest BCUT2D eigenvalue weighted by Gasteiger charge is 2.20. The Morgan fingerprint density at radius 1 is 1.05 bits per heavy atom. The summed E-state index contributed by atoms with van der Waals surface area (Å²) in [6, 6.07) is 12.4. The lowest BCUT2D eigenvalue weighted by Crippen LogP contribution is -2.22. The van der Waals surface area contributed by atoms with Gasteiger partial charge in [-0.25, -0.2) is 0 Å². The van der Waals surface area contributed by atoms with Gasteiger partial charge in [0.1, 0.15) is 17.1 Å². The first kappa shape index (κ1) is 14.0. The topological polar surface area (TPSA) is 38.3 Å². The number of hydrogen-bond donors (Lipinski definition) is 1. The molecule has 3 nitrogen and oxygen atoms in total. The van der Waals surface area contributed by atoms with Crippen LogP contribution in [0.4, 0.5) is 0 Å². The molecular weight excluding hydrogens is 262 g/mol. The molecule has 0 aliphatic heterocycles. The summed E-state index contributed by atoms with van der Waals surface area (Å²) >= 11 is 0. The molecule has 0 amide bonds. The van der Waals surface area contributed by atoms with Crippen molar-refractivity contribution in [1.29, 1.82) is 0 Å². The Kier molecular flexibility index (Phi) is 3.84. The smallest absolute Gasteiger partial charge is 0.134 e. The Hall–Kier alpha value is -2.00. The van der Waals surface area contributed by atoms with Crippen molar-refractivity contribution in [3.05, 3.63) is 59.7 Å². The van der Waals surface area contributed by atoms with E-state index in [1.807, 2.05) is 24.3 Å². The van der Waals surface area contributed by atoms with Gasteiger partial charge in [-0.05, 0) is 38.5 Å². The molecule has 0 aliphatic carbocycles. The number of aryl methyl sites for hydroxylation is 1. The lowest BCUT2D eigenvalue weighted by Gasteiger charge is -2.17. The third-order valence-electron chi connectivity index (χ3n) is 3.95. The van der Waals surface area contributed by atoms with Gasteiger partial charge in [-0.2, -0.15) is 0 Å². The summed E-state index contributed by atoms with van der Waals surface area (Å²) in [5.41, 5.74) is 2.25. The molecule has 0 saturated carbocycles. The van der Waals surface area contributed by atoms with Crippen LogP contribution in [-0.4, -0.2) is 0 Å². The number of fused-ring (bicyclic) bond motifs is 1. The first-order valence-corrected chi connectivity index (χ1v) is 7.50. The van der Waals surface area contributed by atoms with Crippen molar-refractivity contribution < 1.29 is 8.83 Å². The third-order valence-corrected chi connectivity index (χ3v) is 3.95. The minimum atomic E-state index is 0.132. The third kappa shape index (κ3) is 2.61. The van der Waals surface area contributed by atoms with Crippen LogP contribution in [-0.2, 0) is 6.42 Å². The van der Waals surface area contributed by atoms with Crippen LogP contribution in [0, 0.1) is 0 Å². The number of rotatable bonds is 5. The molecule has 21 heavy (non-hydrogen) atoms. The average molecular weight is 283 g/mol. The zero-order chi connectivity index (χ0) is 14.8. The summed E-state index contributed by atoms with van der Waals surface area (Å²) in [5.74, 6) is 1.97. The van der Waals surface area contributed by atoms with Crippen molar-refractivity contribution in [3.63, 3.8) is 0 Å². The first-order valence-electron chi connectivity index (χ1n) is 7.50. The molecule has 3 aromatic rings. The summed E-state index contributed by atoms with van der Waals surface area (Å²) in [7, 11) is 0. The average Bonchev–Trinajstić information content (AvgIpc) is 3.14. The highest BCUT2D eigenvalue weighted by molar-refractivity contribution is 5.82. The number of furan rings is 2. The second kappa shape index (κ2) is 5.78. The molecule has 1 N–H and O–H groups in total. The molecule has 0 fully saturated rings. The Labute approximate surface area is 124 Å². The largest absolute Gasteiger partial charge is 0.468 e. The maximum atomic E-state index is 6.08. The quantitative estimate of drug-likeness (QED) is 0.716. The summed E-state index contributed by atoms with van der Waals surface area (Å²) in [6.45, 7) is 6.41. The molecule has 2 unspecified atom stereocenters. The fraction of sp³-hybridized carbons (Fsp3) is 0.333. The SMILES string of the molecule is CCc1c(C(C)NC(C)c2ccco2)oc2ccccc12. The maximum absolute atomic E-state index is 6.08. The molecule has 2 heterocycles. The monoisotopic (exact) mass is 283 g/mol. The molecule has 1 aromatic carbocycles. The van der Waals surface area contributed by atoms with E-state index in [-0.39, 0.29) is 12.1 Å². The zero-order valence-corrected chi connectivity index (χ0v) is 12.7. The number of para-hydroxylation sites is 1. The van der Waals surface area contributed by atoms with Crippen molar-refractivity contribution in [2.75, 3.05) is 0 Å². The minimum Gasteiger partial charge on any atom is -0.468 e. The lowest BCUT2D eigenvalue weighted by atomic mass is 10.0. The van der Waals surface area contributed by atoms with E-state index >= 15 is 0 Å². The van der Waals surface area contributed by atoms with E-state index in [4.69, 9.17) is 8.83 Å². The van der Waals surface area contributed by atoms with Crippen molar-refractivity contribution in [1.82, 2.24) is 5.32 Å². The van der Waals surface area contributed by atoms with Crippen LogP contribution < -0.4 is 5.32 Å². The Morgan fingerprint density at radius 3 is 2.57 bits per heavy atom. The molecule has 110 valence electrons. The number of nitrogens with one attached hydrogen (secondary N) is 1. The van der Waals surface area contributed by atoms with Crippen LogP contribution in [0.1, 0.15) is 49.9 Å². The van der Waals surface area contributed by atoms with Gasteiger partial charge in [0.2, 0.25) is 0 Å². The lowest BCUT2D eigenvalue weighted by molar-refractivity contribution is 0.371. The van der Waals surface area contributed by atoms with E-state index in [1.165, 1.54) is 10.9 Å². The van der Waals surface area contributed by atoms with Gasteiger partial charge in [0.15, 0.2) is 0 Å². The normalized spacial score (nSPS) is 14.4. The first-order chi connectivity index (χ1) is 10.2. The minimum absolute atomic E-state index is 0.132. The van der Waals surface area contributed by atoms with Gasteiger partial charge in [0, 0.05) is 10.9 Å². The van der Waals surface area contributed by atoms with E-state index in [0.717, 1.165) is 23.5 Å². The Balaban J connectivity index is 1.89. The molecule has 3 heteroatoms. The predicted octanol–water partition coefficient (Wildman–Crippen LogP) is 5.00. The van der Waals surface area contributed by atoms with Gasteiger partial charge in [0.25, 0.3) is 0 Å². The van der Waals surface area contributed by atoms with Crippen LogP contribution in [0.25, 0.3) is 11.0 Å². The standard InChI is InChI=1S/C18H21NO2/c1-4-14-15-8-5-6-9-17(15)21-18(14)13(3)19-12(2)16-10-7-11-20-16/h5-13,19H,4H2,1-3H3. The summed E-state index contributed by atoms with van der Waals surface area (Å²) in [4.78, 5) is 0. The van der Waals surface area contributed by atoms with Crippen molar-refractivity contribution in [2.45, 2.75) is 39.3 Å². The van der Waals surface area contributed by atoms with Crippen molar-refractivity contribution >= 4 is 11.0 Å². The van der Waals surface area contributed by atoms with E-state index in [1.54, 1.807) is 6.26 Å². The maximum Gasteiger partial charge on any atom is 0.134 e. The van der Waals surface area contributed by atoms with Crippen LogP contribution in [0.2, 0.25) is 0 Å². The molecule has 0 bridgehead atoms. The van der Waals surface area contributed by atoms with E-state index in [2.05, 4.69) is 38.2 Å². The van der Waals surface area contributed by atoms with Gasteiger partial charge in [-0.3, -0.25) is 5.32 Å². The van der Waals surface area contributed by atoms with Gasteiger partial charge < -0.3 is 8.83 Å². The van der Waals surface area contributed by atoms with E-state index < -0.39 is 0 Å². The Bertz CT molecular complexity index is 712. The second-order valence-corrected chi connectivity index (χ2v) is 5.42. The van der Waals surface area contributed by atoms with E-state index in [0.29, 0.717) is 0 Å². The molecule has 0 aliphatic rings. The van der Waals surface area contributed by atoms with Crippen LogP contribution >= 0.6 is 0 Å². The van der Waals surface area contributed by atoms with Crippen LogP contribution in [0.15, 0.2) is 51.5 Å². The fourth-order valence-corrected chi connectivity index (χ4v) is 2.90. The predicted molar refractivity (Wildman–Crippen MR) is 84.3 cm³/mol. The molecule has 0 spiro atoms. The zero-order valence-electron chi connectivity index (χ0n) is 12.7. The number of benzene rings is 1. The molecule has 2 aromatic heterocycles. The van der Waals surface area contributed by atoms with Gasteiger partial charge >= 0.3 is 0 Å². The molecule has 0 saturated heterocycles. The van der Waals surface area contributed by atoms with Crippen LogP contribution in [0.5, 0.6) is 0 Å². The van der Waals surface area contributed by atoms with Gasteiger partial charge in [-0.15, -0.1) is 0 Å². The molecule has 2 atom stereocenters. The molecule has 0 radical (unpaired) electrons. The Morgan fingerprint density at radius 2 is 1.86 bits per heavy atom. The second-order valence-electron chi connectivity index (χ2n) is 5.42. The van der Waals surface area contributed by atoms with Gasteiger partial charge in [0.05, 0.1) is 18.3 Å². The van der Waals surface area contributed by atoms with Crippen molar-refractivity contribution in [3.8, 4) is 0 Å². The fourth-order valence-electron chi connectivity index (χ4n) is 2.90. The molecular formula is C18H21NO2. The van der Waals surface area contributed by atoms with E-state index in [9.17, 15) is 0 Å².